The summed E-state index contributed by atoms with van der Waals surface area (Å²) in [5, 5.41) is 0. The molecule has 86 valence electrons. The van der Waals surface area contributed by atoms with E-state index in [0.717, 1.165) is 12.8 Å². The molecule has 0 saturated heterocycles. The van der Waals surface area contributed by atoms with Crippen molar-refractivity contribution < 1.29 is 4.39 Å². The summed E-state index contributed by atoms with van der Waals surface area (Å²) in [6.45, 7) is 1.74. The van der Waals surface area contributed by atoms with E-state index in [-0.39, 0.29) is 11.9 Å². The average molecular weight is 220 g/mol. The van der Waals surface area contributed by atoms with Crippen LogP contribution in [0.1, 0.15) is 36.4 Å². The van der Waals surface area contributed by atoms with Crippen LogP contribution in [-0.4, -0.2) is 0 Å². The highest BCUT2D eigenvalue weighted by Gasteiger charge is 2.14. The number of rotatable bonds is 5. The third-order valence-electron chi connectivity index (χ3n) is 2.61. The standard InChI is InChI=1S/C13H17FN2/c1-3-4-5-9-12(16-15)11-8-6-7-10(2)13(11)14/h1,6-8,12,16H,4-5,9,15H2,2H3. The predicted octanol–water partition coefficient (Wildman–Crippen LogP) is 2.44. The van der Waals surface area contributed by atoms with Crippen molar-refractivity contribution in [3.8, 4) is 12.3 Å². The molecule has 0 heterocycles. The maximum Gasteiger partial charge on any atom is 0.130 e. The van der Waals surface area contributed by atoms with Crippen molar-refractivity contribution >= 4 is 0 Å². The average Bonchev–Trinajstić information content (AvgIpc) is 2.29. The number of hydrazine groups is 1. The molecule has 0 aliphatic carbocycles. The summed E-state index contributed by atoms with van der Waals surface area (Å²) in [7, 11) is 0. The Kier molecular flexibility index (Phi) is 4.97. The van der Waals surface area contributed by atoms with Gasteiger partial charge in [0.05, 0.1) is 0 Å². The van der Waals surface area contributed by atoms with Crippen LogP contribution in [-0.2, 0) is 0 Å². The summed E-state index contributed by atoms with van der Waals surface area (Å²) in [5.41, 5.74) is 3.88. The van der Waals surface area contributed by atoms with E-state index in [2.05, 4.69) is 11.3 Å². The van der Waals surface area contributed by atoms with E-state index < -0.39 is 0 Å². The molecule has 16 heavy (non-hydrogen) atoms. The number of unbranched alkanes of at least 4 members (excludes halogenated alkanes) is 1. The van der Waals surface area contributed by atoms with E-state index in [1.54, 1.807) is 19.1 Å². The monoisotopic (exact) mass is 220 g/mol. The van der Waals surface area contributed by atoms with Gasteiger partial charge < -0.3 is 0 Å². The van der Waals surface area contributed by atoms with Gasteiger partial charge in [0.15, 0.2) is 0 Å². The maximum absolute atomic E-state index is 13.8. The zero-order chi connectivity index (χ0) is 12.0. The summed E-state index contributed by atoms with van der Waals surface area (Å²) in [4.78, 5) is 0. The zero-order valence-corrected chi connectivity index (χ0v) is 9.46. The molecule has 0 aromatic heterocycles. The first kappa shape index (κ1) is 12.7. The highest BCUT2D eigenvalue weighted by atomic mass is 19.1. The van der Waals surface area contributed by atoms with Gasteiger partial charge in [-0.2, -0.15) is 0 Å². The van der Waals surface area contributed by atoms with Gasteiger partial charge in [0.25, 0.3) is 0 Å². The van der Waals surface area contributed by atoms with Crippen molar-refractivity contribution in [1.29, 1.82) is 0 Å². The zero-order valence-electron chi connectivity index (χ0n) is 9.46. The number of benzene rings is 1. The molecule has 3 heteroatoms. The van der Waals surface area contributed by atoms with E-state index in [1.807, 2.05) is 6.07 Å². The number of halogens is 1. The molecular formula is C13H17FN2. The van der Waals surface area contributed by atoms with Crippen LogP contribution < -0.4 is 11.3 Å². The quantitative estimate of drug-likeness (QED) is 0.346. The Hall–Kier alpha value is -1.37. The van der Waals surface area contributed by atoms with Crippen LogP contribution >= 0.6 is 0 Å². The Labute approximate surface area is 96.0 Å². The summed E-state index contributed by atoms with van der Waals surface area (Å²) < 4.78 is 13.8. The lowest BCUT2D eigenvalue weighted by atomic mass is 9.99. The van der Waals surface area contributed by atoms with Crippen LogP contribution in [0.4, 0.5) is 4.39 Å². The van der Waals surface area contributed by atoms with Crippen LogP contribution in [0.5, 0.6) is 0 Å². The molecule has 1 aromatic rings. The molecule has 2 nitrogen and oxygen atoms in total. The third kappa shape index (κ3) is 3.06. The first-order valence-electron chi connectivity index (χ1n) is 5.35. The van der Waals surface area contributed by atoms with Crippen LogP contribution in [0, 0.1) is 25.1 Å². The molecule has 1 rings (SSSR count). The molecule has 0 amide bonds. The second kappa shape index (κ2) is 6.26. The molecular weight excluding hydrogens is 203 g/mol. The number of hydrogen-bond donors (Lipinski definition) is 2. The lowest BCUT2D eigenvalue weighted by Crippen LogP contribution is -2.28. The van der Waals surface area contributed by atoms with Gasteiger partial charge in [-0.3, -0.25) is 11.3 Å². The van der Waals surface area contributed by atoms with E-state index in [1.165, 1.54) is 0 Å². The van der Waals surface area contributed by atoms with Gasteiger partial charge in [-0.05, 0) is 25.3 Å². The smallest absolute Gasteiger partial charge is 0.130 e. The Balaban J connectivity index is 2.79. The van der Waals surface area contributed by atoms with Crippen LogP contribution in [0.3, 0.4) is 0 Å². The molecule has 0 aliphatic heterocycles. The van der Waals surface area contributed by atoms with Crippen molar-refractivity contribution in [3.63, 3.8) is 0 Å². The first-order chi connectivity index (χ1) is 7.70. The molecule has 0 saturated carbocycles. The number of nitrogens with one attached hydrogen (secondary N) is 1. The molecule has 0 bridgehead atoms. The fraction of sp³-hybridized carbons (Fsp3) is 0.385. The lowest BCUT2D eigenvalue weighted by Gasteiger charge is -2.17. The SMILES string of the molecule is C#CCCCC(NN)c1cccc(C)c1F. The minimum absolute atomic E-state index is 0.173. The first-order valence-corrected chi connectivity index (χ1v) is 5.35. The van der Waals surface area contributed by atoms with Crippen molar-refractivity contribution in [3.05, 3.63) is 35.1 Å². The van der Waals surface area contributed by atoms with Gasteiger partial charge in [0.2, 0.25) is 0 Å². The second-order valence-electron chi connectivity index (χ2n) is 3.79. The Morgan fingerprint density at radius 1 is 1.56 bits per heavy atom. The van der Waals surface area contributed by atoms with Crippen molar-refractivity contribution in [2.24, 2.45) is 5.84 Å². The van der Waals surface area contributed by atoms with Crippen LogP contribution in [0.25, 0.3) is 0 Å². The number of aryl methyl sites for hydroxylation is 1. The Morgan fingerprint density at radius 3 is 2.94 bits per heavy atom. The number of terminal acetylenes is 1. The number of nitrogens with two attached hydrogens (primary N) is 1. The minimum atomic E-state index is -0.189. The molecule has 0 spiro atoms. The highest BCUT2D eigenvalue weighted by molar-refractivity contribution is 5.27. The Bertz CT molecular complexity index is 382. The summed E-state index contributed by atoms with van der Waals surface area (Å²) in [6.07, 6.45) is 7.43. The van der Waals surface area contributed by atoms with Crippen LogP contribution in [0.15, 0.2) is 18.2 Å². The van der Waals surface area contributed by atoms with Gasteiger partial charge in [-0.15, -0.1) is 12.3 Å². The molecule has 1 atom stereocenters. The summed E-state index contributed by atoms with van der Waals surface area (Å²) in [6, 6.07) is 5.16. The van der Waals surface area contributed by atoms with Gasteiger partial charge in [-0.25, -0.2) is 4.39 Å². The molecule has 0 radical (unpaired) electrons. The van der Waals surface area contributed by atoms with Crippen molar-refractivity contribution in [2.75, 3.05) is 0 Å². The number of hydrogen-bond acceptors (Lipinski definition) is 2. The largest absolute Gasteiger partial charge is 0.271 e. The fourth-order valence-corrected chi connectivity index (χ4v) is 1.68. The minimum Gasteiger partial charge on any atom is -0.271 e. The summed E-state index contributed by atoms with van der Waals surface area (Å²) >= 11 is 0. The van der Waals surface area contributed by atoms with E-state index >= 15 is 0 Å². The fourth-order valence-electron chi connectivity index (χ4n) is 1.68. The van der Waals surface area contributed by atoms with E-state index in [9.17, 15) is 4.39 Å². The Morgan fingerprint density at radius 2 is 2.31 bits per heavy atom. The second-order valence-corrected chi connectivity index (χ2v) is 3.79. The van der Waals surface area contributed by atoms with Gasteiger partial charge >= 0.3 is 0 Å². The van der Waals surface area contributed by atoms with Crippen molar-refractivity contribution in [2.45, 2.75) is 32.2 Å². The summed E-state index contributed by atoms with van der Waals surface area (Å²) in [5.74, 6) is 7.81. The highest BCUT2D eigenvalue weighted by Crippen LogP contribution is 2.23. The van der Waals surface area contributed by atoms with Gasteiger partial charge in [-0.1, -0.05) is 18.2 Å². The normalized spacial score (nSPS) is 12.1. The molecule has 1 aromatic carbocycles. The third-order valence-corrected chi connectivity index (χ3v) is 2.61. The van der Waals surface area contributed by atoms with Crippen LogP contribution in [0.2, 0.25) is 0 Å². The van der Waals surface area contributed by atoms with E-state index in [4.69, 9.17) is 12.3 Å². The predicted molar refractivity (Wildman–Crippen MR) is 63.9 cm³/mol. The van der Waals surface area contributed by atoms with E-state index in [0.29, 0.717) is 17.5 Å². The topological polar surface area (TPSA) is 38.0 Å². The lowest BCUT2D eigenvalue weighted by molar-refractivity contribution is 0.473. The molecule has 0 aliphatic rings. The van der Waals surface area contributed by atoms with Crippen molar-refractivity contribution in [1.82, 2.24) is 5.43 Å². The molecule has 1 unspecified atom stereocenters. The van der Waals surface area contributed by atoms with Gasteiger partial charge in [0, 0.05) is 18.0 Å². The maximum atomic E-state index is 13.8. The molecule has 0 fully saturated rings. The molecule has 3 N–H and O–H groups in total. The van der Waals surface area contributed by atoms with Gasteiger partial charge in [0.1, 0.15) is 5.82 Å².